The smallest absolute Gasteiger partial charge is 0.315 e. The minimum atomic E-state index is -0.169. The average molecular weight is 343 g/mol. The summed E-state index contributed by atoms with van der Waals surface area (Å²) < 4.78 is 1.59. The van der Waals surface area contributed by atoms with Crippen LogP contribution in [0.4, 0.5) is 4.79 Å². The number of hydrogen-bond donors (Lipinski definition) is 2. The molecule has 2 aromatic heterocycles. The van der Waals surface area contributed by atoms with Gasteiger partial charge in [-0.3, -0.25) is 0 Å². The van der Waals surface area contributed by atoms with Gasteiger partial charge < -0.3 is 15.5 Å². The predicted octanol–water partition coefficient (Wildman–Crippen LogP) is 1.34. The van der Waals surface area contributed by atoms with Crippen molar-refractivity contribution < 1.29 is 4.79 Å². The van der Waals surface area contributed by atoms with E-state index in [1.807, 2.05) is 19.1 Å². The molecule has 0 saturated carbocycles. The molecular weight excluding hydrogens is 318 g/mol. The molecule has 8 heteroatoms. The Labute approximate surface area is 147 Å². The van der Waals surface area contributed by atoms with Crippen molar-refractivity contribution in [2.75, 3.05) is 19.6 Å². The number of nitrogens with zero attached hydrogens (tertiary/aromatic N) is 5. The monoisotopic (exact) mass is 343 g/mol. The van der Waals surface area contributed by atoms with Crippen molar-refractivity contribution in [3.8, 4) is 5.82 Å². The number of likely N-dealkylation sites (tertiary alicyclic amines) is 1. The van der Waals surface area contributed by atoms with Crippen LogP contribution in [-0.2, 0) is 6.54 Å². The van der Waals surface area contributed by atoms with Crippen LogP contribution < -0.4 is 10.6 Å². The quantitative estimate of drug-likeness (QED) is 0.826. The Morgan fingerprint density at radius 1 is 1.32 bits per heavy atom. The Morgan fingerprint density at radius 2 is 2.16 bits per heavy atom. The van der Waals surface area contributed by atoms with Crippen molar-refractivity contribution >= 4 is 6.03 Å². The van der Waals surface area contributed by atoms with Crippen molar-refractivity contribution in [1.82, 2.24) is 35.3 Å². The summed E-state index contributed by atoms with van der Waals surface area (Å²) in [5.74, 6) is 0.668. The first kappa shape index (κ1) is 17.3. The second kappa shape index (κ2) is 8.57. The number of urea groups is 1. The van der Waals surface area contributed by atoms with Crippen LogP contribution in [0.2, 0.25) is 0 Å². The topological polar surface area (TPSA) is 88.0 Å². The first-order chi connectivity index (χ1) is 12.2. The summed E-state index contributed by atoms with van der Waals surface area (Å²) in [6.07, 6.45) is 8.57. The van der Waals surface area contributed by atoms with Gasteiger partial charge in [0.15, 0.2) is 5.82 Å². The van der Waals surface area contributed by atoms with Gasteiger partial charge in [0.25, 0.3) is 0 Å². The lowest BCUT2D eigenvalue weighted by molar-refractivity contribution is 0.203. The molecule has 3 heterocycles. The molecule has 134 valence electrons. The van der Waals surface area contributed by atoms with E-state index >= 15 is 0 Å². The maximum atomic E-state index is 12.2. The number of piperidine rings is 1. The number of hydrogen-bond acceptors (Lipinski definition) is 5. The standard InChI is InChI=1S/C17H25N7O/c1-14(11-23-8-3-2-4-9-23)22-17(25)20-10-15-6-5-7-19-16(15)24-13-18-12-21-24/h5-7,12-14H,2-4,8-11H2,1H3,(H2,20,22,25)/t14-/m0/s1. The van der Waals surface area contributed by atoms with Crippen LogP contribution in [0, 0.1) is 0 Å². The van der Waals surface area contributed by atoms with Crippen LogP contribution in [0.15, 0.2) is 31.0 Å². The molecule has 1 fully saturated rings. The Bertz CT molecular complexity index is 667. The summed E-state index contributed by atoms with van der Waals surface area (Å²) in [5, 5.41) is 10.0. The lowest BCUT2D eigenvalue weighted by Gasteiger charge is -2.29. The van der Waals surface area contributed by atoms with E-state index in [0.29, 0.717) is 12.4 Å². The number of pyridine rings is 1. The summed E-state index contributed by atoms with van der Waals surface area (Å²) in [7, 11) is 0. The van der Waals surface area contributed by atoms with Crippen LogP contribution in [-0.4, -0.2) is 56.4 Å². The minimum absolute atomic E-state index is 0.113. The van der Waals surface area contributed by atoms with Crippen molar-refractivity contribution in [2.45, 2.75) is 38.8 Å². The van der Waals surface area contributed by atoms with Crippen LogP contribution in [0.5, 0.6) is 0 Å². The summed E-state index contributed by atoms with van der Waals surface area (Å²) >= 11 is 0. The van der Waals surface area contributed by atoms with Crippen LogP contribution >= 0.6 is 0 Å². The highest BCUT2D eigenvalue weighted by atomic mass is 16.2. The van der Waals surface area contributed by atoms with Gasteiger partial charge in [-0.05, 0) is 38.9 Å². The second-order valence-electron chi connectivity index (χ2n) is 6.42. The maximum Gasteiger partial charge on any atom is 0.315 e. The number of aromatic nitrogens is 4. The van der Waals surface area contributed by atoms with Gasteiger partial charge in [-0.15, -0.1) is 0 Å². The summed E-state index contributed by atoms with van der Waals surface area (Å²) in [5.41, 5.74) is 0.881. The molecule has 0 unspecified atom stereocenters. The number of carbonyl (C=O) groups excluding carboxylic acids is 1. The van der Waals surface area contributed by atoms with E-state index in [9.17, 15) is 4.79 Å². The second-order valence-corrected chi connectivity index (χ2v) is 6.42. The van der Waals surface area contributed by atoms with E-state index in [1.54, 1.807) is 17.2 Å². The van der Waals surface area contributed by atoms with Crippen molar-refractivity contribution in [3.05, 3.63) is 36.5 Å². The van der Waals surface area contributed by atoms with Crippen LogP contribution in [0.1, 0.15) is 31.7 Å². The van der Waals surface area contributed by atoms with E-state index < -0.39 is 0 Å². The lowest BCUT2D eigenvalue weighted by Crippen LogP contribution is -2.47. The fourth-order valence-electron chi connectivity index (χ4n) is 3.12. The third-order valence-electron chi connectivity index (χ3n) is 4.30. The molecule has 1 saturated heterocycles. The molecule has 0 aromatic carbocycles. The molecule has 3 rings (SSSR count). The highest BCUT2D eigenvalue weighted by Gasteiger charge is 2.15. The molecule has 1 atom stereocenters. The van der Waals surface area contributed by atoms with Gasteiger partial charge in [-0.2, -0.15) is 5.10 Å². The lowest BCUT2D eigenvalue weighted by atomic mass is 10.1. The molecule has 1 aliphatic heterocycles. The third-order valence-corrected chi connectivity index (χ3v) is 4.30. The number of amides is 2. The van der Waals surface area contributed by atoms with Gasteiger partial charge >= 0.3 is 6.03 Å². The first-order valence-electron chi connectivity index (χ1n) is 8.78. The van der Waals surface area contributed by atoms with Gasteiger partial charge in [0.2, 0.25) is 0 Å². The van der Waals surface area contributed by atoms with E-state index in [0.717, 1.165) is 25.2 Å². The molecule has 2 N–H and O–H groups in total. The van der Waals surface area contributed by atoms with E-state index in [2.05, 4.69) is 30.6 Å². The highest BCUT2D eigenvalue weighted by Crippen LogP contribution is 2.10. The fourth-order valence-corrected chi connectivity index (χ4v) is 3.12. The van der Waals surface area contributed by atoms with Gasteiger partial charge in [-0.25, -0.2) is 19.4 Å². The largest absolute Gasteiger partial charge is 0.334 e. The molecule has 0 radical (unpaired) electrons. The zero-order chi connectivity index (χ0) is 17.5. The Hall–Kier alpha value is -2.48. The molecule has 0 bridgehead atoms. The zero-order valence-corrected chi connectivity index (χ0v) is 14.6. The Morgan fingerprint density at radius 3 is 2.92 bits per heavy atom. The molecule has 2 amide bonds. The van der Waals surface area contributed by atoms with Crippen molar-refractivity contribution in [2.24, 2.45) is 0 Å². The average Bonchev–Trinajstić information content (AvgIpc) is 3.15. The molecule has 1 aliphatic rings. The van der Waals surface area contributed by atoms with Gasteiger partial charge in [0.1, 0.15) is 12.7 Å². The van der Waals surface area contributed by atoms with E-state index in [1.165, 1.54) is 25.6 Å². The normalized spacial score (nSPS) is 16.4. The van der Waals surface area contributed by atoms with E-state index in [4.69, 9.17) is 0 Å². The molecule has 25 heavy (non-hydrogen) atoms. The summed E-state index contributed by atoms with van der Waals surface area (Å²) in [6, 6.07) is 3.70. The third kappa shape index (κ3) is 4.99. The van der Waals surface area contributed by atoms with E-state index in [-0.39, 0.29) is 12.1 Å². The Balaban J connectivity index is 1.49. The van der Waals surface area contributed by atoms with Crippen molar-refractivity contribution in [3.63, 3.8) is 0 Å². The van der Waals surface area contributed by atoms with Crippen LogP contribution in [0.25, 0.3) is 5.82 Å². The number of carbonyl (C=O) groups is 1. The number of rotatable bonds is 6. The highest BCUT2D eigenvalue weighted by molar-refractivity contribution is 5.74. The minimum Gasteiger partial charge on any atom is -0.334 e. The zero-order valence-electron chi connectivity index (χ0n) is 14.6. The SMILES string of the molecule is C[C@@H](CN1CCCCC1)NC(=O)NCc1cccnc1-n1cncn1. The molecule has 0 spiro atoms. The van der Waals surface area contributed by atoms with Crippen molar-refractivity contribution in [1.29, 1.82) is 0 Å². The molecular formula is C17H25N7O. The fraction of sp³-hybridized carbons (Fsp3) is 0.529. The first-order valence-corrected chi connectivity index (χ1v) is 8.78. The summed E-state index contributed by atoms with van der Waals surface area (Å²) in [6.45, 7) is 5.57. The molecule has 0 aliphatic carbocycles. The molecule has 8 nitrogen and oxygen atoms in total. The predicted molar refractivity (Wildman–Crippen MR) is 94.3 cm³/mol. The van der Waals surface area contributed by atoms with Crippen LogP contribution in [0.3, 0.4) is 0 Å². The Kier molecular flexibility index (Phi) is 5.95. The van der Waals surface area contributed by atoms with Gasteiger partial charge in [0, 0.05) is 30.9 Å². The maximum absolute atomic E-state index is 12.2. The number of nitrogens with one attached hydrogen (secondary N) is 2. The summed E-state index contributed by atoms with van der Waals surface area (Å²) in [4.78, 5) is 22.8. The van der Waals surface area contributed by atoms with Gasteiger partial charge in [-0.1, -0.05) is 12.5 Å². The van der Waals surface area contributed by atoms with Gasteiger partial charge in [0.05, 0.1) is 0 Å². The molecule has 2 aromatic rings.